The zero-order chi connectivity index (χ0) is 24.5. The predicted octanol–water partition coefficient (Wildman–Crippen LogP) is 1.67. The van der Waals surface area contributed by atoms with Crippen molar-refractivity contribution in [3.8, 4) is 6.07 Å². The number of likely N-dealkylation sites (tertiary alicyclic amines) is 1. The highest BCUT2D eigenvalue weighted by Crippen LogP contribution is 2.29. The third-order valence-corrected chi connectivity index (χ3v) is 9.43. The summed E-state index contributed by atoms with van der Waals surface area (Å²) >= 11 is 6.17. The van der Waals surface area contributed by atoms with Crippen LogP contribution in [0, 0.1) is 30.1 Å². The Morgan fingerprint density at radius 2 is 1.88 bits per heavy atom. The van der Waals surface area contributed by atoms with Gasteiger partial charge in [0.1, 0.15) is 6.04 Å². The van der Waals surface area contributed by atoms with Crippen LogP contribution in [0.1, 0.15) is 36.8 Å². The van der Waals surface area contributed by atoms with Crippen molar-refractivity contribution in [1.82, 2.24) is 18.8 Å². The summed E-state index contributed by atoms with van der Waals surface area (Å²) in [5.41, 5.74) is 1.84. The summed E-state index contributed by atoms with van der Waals surface area (Å²) in [6, 6.07) is 7.08. The Kier molecular flexibility index (Phi) is 7.48. The summed E-state index contributed by atoms with van der Waals surface area (Å²) in [5.74, 6) is -1.10. The summed E-state index contributed by atoms with van der Waals surface area (Å²) in [5, 5.41) is 12.5. The molecule has 0 spiro atoms. The molecule has 4 rings (SSSR count). The maximum absolute atomic E-state index is 13.4. The number of nitrogens with one attached hydrogen (secondary N) is 1. The van der Waals surface area contributed by atoms with E-state index in [0.717, 1.165) is 17.5 Å². The van der Waals surface area contributed by atoms with Crippen LogP contribution in [0.2, 0.25) is 5.02 Å². The smallest absolute Gasteiger partial charge is 0.282 e. The van der Waals surface area contributed by atoms with Crippen molar-refractivity contribution in [3.05, 3.63) is 34.3 Å². The first-order valence-electron chi connectivity index (χ1n) is 11.7. The molecule has 34 heavy (non-hydrogen) atoms. The second-order valence-corrected chi connectivity index (χ2v) is 11.6. The summed E-state index contributed by atoms with van der Waals surface area (Å²) in [6.07, 6.45) is 2.50. The molecule has 2 amide bonds. The van der Waals surface area contributed by atoms with E-state index in [1.165, 1.54) is 8.61 Å². The van der Waals surface area contributed by atoms with E-state index in [1.54, 1.807) is 11.0 Å². The minimum atomic E-state index is -3.68. The summed E-state index contributed by atoms with van der Waals surface area (Å²) < 4.78 is 28.5. The molecular formula is C23H30ClN5O4S. The molecule has 3 heterocycles. The Morgan fingerprint density at radius 3 is 2.62 bits per heavy atom. The van der Waals surface area contributed by atoms with Crippen molar-refractivity contribution in [1.29, 1.82) is 5.26 Å². The molecule has 1 aromatic carbocycles. The van der Waals surface area contributed by atoms with Crippen molar-refractivity contribution in [2.75, 3.05) is 32.7 Å². The molecule has 3 saturated heterocycles. The largest absolute Gasteiger partial charge is 0.350 e. The molecule has 1 aromatic rings. The van der Waals surface area contributed by atoms with Crippen LogP contribution in [-0.4, -0.2) is 72.5 Å². The topological polar surface area (TPSA) is 114 Å². The highest BCUT2D eigenvalue weighted by molar-refractivity contribution is 7.86. The molecule has 0 saturated carbocycles. The Morgan fingerprint density at radius 1 is 1.15 bits per heavy atom. The monoisotopic (exact) mass is 507 g/mol. The molecule has 1 N–H and O–H groups in total. The SMILES string of the molecule is Cc1c(Cl)cccc1CNC(=O)[C@H]1CCCN1C(=O)[C@H]1CCCN(S(=O)(=O)N2CC(C#N)C2)C1. The highest BCUT2D eigenvalue weighted by atomic mass is 35.5. The number of carbonyl (C=O) groups is 2. The molecule has 0 unspecified atom stereocenters. The minimum Gasteiger partial charge on any atom is -0.350 e. The maximum atomic E-state index is 13.4. The number of rotatable bonds is 6. The molecule has 3 aliphatic heterocycles. The van der Waals surface area contributed by atoms with Gasteiger partial charge in [-0.2, -0.15) is 22.3 Å². The molecule has 184 valence electrons. The third-order valence-electron chi connectivity index (χ3n) is 7.09. The lowest BCUT2D eigenvalue weighted by Gasteiger charge is -2.41. The number of hydrogen-bond donors (Lipinski definition) is 1. The second-order valence-electron chi connectivity index (χ2n) is 9.28. The van der Waals surface area contributed by atoms with Crippen molar-refractivity contribution in [3.63, 3.8) is 0 Å². The van der Waals surface area contributed by atoms with Gasteiger partial charge in [0.25, 0.3) is 10.2 Å². The molecule has 3 aliphatic rings. The fraction of sp³-hybridized carbons (Fsp3) is 0.609. The second kappa shape index (κ2) is 10.2. The van der Waals surface area contributed by atoms with Gasteiger partial charge in [-0.1, -0.05) is 23.7 Å². The van der Waals surface area contributed by atoms with Crippen molar-refractivity contribution in [2.45, 2.75) is 45.2 Å². The number of piperidine rings is 1. The molecule has 2 atom stereocenters. The first-order chi connectivity index (χ1) is 16.2. The Labute approximate surface area is 205 Å². The number of carbonyl (C=O) groups excluding carboxylic acids is 2. The van der Waals surface area contributed by atoms with Gasteiger partial charge >= 0.3 is 0 Å². The standard InChI is InChI=1S/C23H30ClN5O4S/c1-16-18(5-2-7-20(16)24)12-26-22(30)21-8-4-10-29(21)23(31)19-6-3-9-27(15-19)34(32,33)28-13-17(11-25)14-28/h2,5,7,17,19,21H,3-4,6,8-10,12-15H2,1H3,(H,26,30)/t19-,21+/m0/s1. The lowest BCUT2D eigenvalue weighted by Crippen LogP contribution is -2.57. The Bertz CT molecular complexity index is 1100. The summed E-state index contributed by atoms with van der Waals surface area (Å²) in [7, 11) is -3.68. The van der Waals surface area contributed by atoms with Crippen LogP contribution >= 0.6 is 11.6 Å². The van der Waals surface area contributed by atoms with Crippen LogP contribution < -0.4 is 5.32 Å². The molecule has 11 heteroatoms. The van der Waals surface area contributed by atoms with Gasteiger partial charge in [0.05, 0.1) is 17.9 Å². The quantitative estimate of drug-likeness (QED) is 0.629. The fourth-order valence-electron chi connectivity index (χ4n) is 4.91. The fourth-order valence-corrected chi connectivity index (χ4v) is 6.89. The Hall–Kier alpha value is -2.19. The molecule has 0 aromatic heterocycles. The number of nitrogens with zero attached hydrogens (tertiary/aromatic N) is 4. The summed E-state index contributed by atoms with van der Waals surface area (Å²) in [6.45, 7) is 3.61. The van der Waals surface area contributed by atoms with Gasteiger partial charge in [0, 0.05) is 44.3 Å². The molecule has 0 aliphatic carbocycles. The number of nitriles is 1. The van der Waals surface area contributed by atoms with E-state index in [9.17, 15) is 18.0 Å². The normalized spacial score (nSPS) is 24.4. The number of amides is 2. The Balaban J connectivity index is 1.37. The van der Waals surface area contributed by atoms with Gasteiger partial charge < -0.3 is 10.2 Å². The molecule has 0 radical (unpaired) electrons. The van der Waals surface area contributed by atoms with Gasteiger partial charge in [-0.3, -0.25) is 9.59 Å². The van der Waals surface area contributed by atoms with Gasteiger partial charge in [-0.25, -0.2) is 0 Å². The average molecular weight is 508 g/mol. The van der Waals surface area contributed by atoms with Crippen LogP contribution in [0.25, 0.3) is 0 Å². The molecule has 9 nitrogen and oxygen atoms in total. The molecular weight excluding hydrogens is 478 g/mol. The van der Waals surface area contributed by atoms with E-state index in [2.05, 4.69) is 11.4 Å². The number of halogens is 1. The van der Waals surface area contributed by atoms with Crippen LogP contribution in [0.5, 0.6) is 0 Å². The van der Waals surface area contributed by atoms with E-state index >= 15 is 0 Å². The predicted molar refractivity (Wildman–Crippen MR) is 127 cm³/mol. The molecule has 0 bridgehead atoms. The van der Waals surface area contributed by atoms with E-state index in [4.69, 9.17) is 16.9 Å². The average Bonchev–Trinajstić information content (AvgIpc) is 3.28. The van der Waals surface area contributed by atoms with Crippen molar-refractivity contribution < 1.29 is 18.0 Å². The minimum absolute atomic E-state index is 0.113. The molecule has 3 fully saturated rings. The van der Waals surface area contributed by atoms with E-state index in [-0.39, 0.29) is 37.4 Å². The van der Waals surface area contributed by atoms with Crippen LogP contribution in [0.3, 0.4) is 0 Å². The lowest BCUT2D eigenvalue weighted by molar-refractivity contribution is -0.142. The maximum Gasteiger partial charge on any atom is 0.282 e. The first kappa shape index (κ1) is 24.9. The van der Waals surface area contributed by atoms with Crippen molar-refractivity contribution in [2.24, 2.45) is 11.8 Å². The van der Waals surface area contributed by atoms with Gasteiger partial charge in [0.2, 0.25) is 11.8 Å². The van der Waals surface area contributed by atoms with Crippen LogP contribution in [0.15, 0.2) is 18.2 Å². The van der Waals surface area contributed by atoms with Crippen LogP contribution in [0.4, 0.5) is 0 Å². The first-order valence-corrected chi connectivity index (χ1v) is 13.5. The number of hydrogen-bond acceptors (Lipinski definition) is 5. The zero-order valence-electron chi connectivity index (χ0n) is 19.2. The van der Waals surface area contributed by atoms with E-state index < -0.39 is 22.2 Å². The van der Waals surface area contributed by atoms with Crippen molar-refractivity contribution >= 4 is 33.6 Å². The van der Waals surface area contributed by atoms with E-state index in [1.807, 2.05) is 19.1 Å². The lowest BCUT2D eigenvalue weighted by atomic mass is 9.97. The third kappa shape index (κ3) is 4.93. The van der Waals surface area contributed by atoms with Gasteiger partial charge in [-0.05, 0) is 49.8 Å². The zero-order valence-corrected chi connectivity index (χ0v) is 20.8. The van der Waals surface area contributed by atoms with Gasteiger partial charge in [-0.15, -0.1) is 0 Å². The van der Waals surface area contributed by atoms with Crippen LogP contribution in [-0.2, 0) is 26.3 Å². The highest BCUT2D eigenvalue weighted by Gasteiger charge is 2.44. The van der Waals surface area contributed by atoms with E-state index in [0.29, 0.717) is 43.9 Å². The van der Waals surface area contributed by atoms with Gasteiger partial charge in [0.15, 0.2) is 0 Å². The number of benzene rings is 1. The summed E-state index contributed by atoms with van der Waals surface area (Å²) in [4.78, 5) is 27.9.